The van der Waals surface area contributed by atoms with Crippen molar-refractivity contribution in [1.29, 1.82) is 0 Å². The normalized spacial score (nSPS) is 11.9. The summed E-state index contributed by atoms with van der Waals surface area (Å²) in [6.07, 6.45) is 7.83. The molecule has 1 aromatic carbocycles. The average Bonchev–Trinajstić information content (AvgIpc) is 3.59. The van der Waals surface area contributed by atoms with Gasteiger partial charge >= 0.3 is 5.97 Å². The number of rotatable bonds is 2. The van der Waals surface area contributed by atoms with Gasteiger partial charge in [-0.15, -0.1) is 0 Å². The van der Waals surface area contributed by atoms with Gasteiger partial charge in [-0.05, 0) is 78.4 Å². The van der Waals surface area contributed by atoms with Crippen LogP contribution in [0, 0.1) is 0 Å². The molecule has 8 bridgehead atoms. The summed E-state index contributed by atoms with van der Waals surface area (Å²) in [6, 6.07) is 20.9. The molecular weight excluding hydrogens is 476 g/mol. The van der Waals surface area contributed by atoms with Gasteiger partial charge in [0.2, 0.25) is 0 Å². The number of aromatic carboxylic acids is 1. The third-order valence-corrected chi connectivity index (χ3v) is 5.62. The number of aromatic amines is 2. The summed E-state index contributed by atoms with van der Waals surface area (Å²) in [7, 11) is 0. The molecule has 0 fully saturated rings. The van der Waals surface area contributed by atoms with Crippen molar-refractivity contribution in [2.75, 3.05) is 0 Å². The van der Waals surface area contributed by atoms with Gasteiger partial charge in [-0.2, -0.15) is 0 Å². The number of nitrogens with one attached hydrogen (secondary N) is 2. The van der Waals surface area contributed by atoms with Crippen molar-refractivity contribution in [2.24, 2.45) is 0 Å². The Morgan fingerprint density at radius 2 is 1.26 bits per heavy atom. The van der Waals surface area contributed by atoms with Gasteiger partial charge < -0.3 is 15.1 Å². The van der Waals surface area contributed by atoms with E-state index >= 15 is 0 Å². The van der Waals surface area contributed by atoms with Gasteiger partial charge in [-0.25, -0.2) is 14.8 Å². The fourth-order valence-electron chi connectivity index (χ4n) is 4.15. The first kappa shape index (κ1) is 21.6. The third-order valence-electron chi connectivity index (χ3n) is 5.62. The van der Waals surface area contributed by atoms with Crippen molar-refractivity contribution in [2.45, 2.75) is 0 Å². The van der Waals surface area contributed by atoms with Crippen LogP contribution in [-0.4, -0.2) is 31.0 Å². The number of fused-ring (bicyclic) bond motifs is 8. The van der Waals surface area contributed by atoms with Crippen molar-refractivity contribution in [3.63, 3.8) is 0 Å². The van der Waals surface area contributed by atoms with E-state index in [2.05, 4.69) is 15.0 Å². The van der Waals surface area contributed by atoms with Gasteiger partial charge in [0.1, 0.15) is 0 Å². The zero-order valence-electron chi connectivity index (χ0n) is 17.7. The molecule has 2 aliphatic heterocycles. The van der Waals surface area contributed by atoms with Gasteiger partial charge in [0.25, 0.3) is 0 Å². The van der Waals surface area contributed by atoms with E-state index in [1.54, 1.807) is 12.1 Å². The first-order chi connectivity index (χ1) is 16.1. The maximum Gasteiger partial charge on any atom is 0.336 e. The van der Waals surface area contributed by atoms with Crippen LogP contribution in [0.5, 0.6) is 0 Å². The molecule has 6 nitrogen and oxygen atoms in total. The molecule has 34 heavy (non-hydrogen) atoms. The number of carboxylic acid groups (broad SMARTS) is 1. The van der Waals surface area contributed by atoms with Crippen LogP contribution < -0.4 is 0 Å². The van der Waals surface area contributed by atoms with Crippen LogP contribution in [0.25, 0.3) is 57.5 Å². The minimum absolute atomic E-state index is 0. The first-order valence-corrected chi connectivity index (χ1v) is 10.5. The van der Waals surface area contributed by atoms with Crippen LogP contribution in [0.2, 0.25) is 0 Å². The Kier molecular flexibility index (Phi) is 5.49. The van der Waals surface area contributed by atoms with Gasteiger partial charge in [-0.3, -0.25) is 0 Å². The first-order valence-electron chi connectivity index (χ1n) is 10.5. The minimum atomic E-state index is -0.962. The van der Waals surface area contributed by atoms with Crippen LogP contribution in [0.4, 0.5) is 0 Å². The van der Waals surface area contributed by atoms with Crippen LogP contribution in [0.1, 0.15) is 33.1 Å². The molecule has 3 aromatic heterocycles. The minimum Gasteiger partial charge on any atom is -0.478 e. The summed E-state index contributed by atoms with van der Waals surface area (Å²) >= 11 is 0. The molecule has 0 unspecified atom stereocenters. The van der Waals surface area contributed by atoms with Crippen LogP contribution in [-0.2, 0) is 17.1 Å². The summed E-state index contributed by atoms with van der Waals surface area (Å²) in [5, 5.41) is 9.73. The Hall–Kier alpha value is -4.19. The molecular formula is C27H18CuN4O2. The third kappa shape index (κ3) is 4.10. The smallest absolute Gasteiger partial charge is 0.336 e. The van der Waals surface area contributed by atoms with Crippen LogP contribution >= 0.6 is 0 Å². The van der Waals surface area contributed by atoms with Crippen molar-refractivity contribution in [1.82, 2.24) is 19.9 Å². The fraction of sp³-hybridized carbons (Fsp3) is 0. The van der Waals surface area contributed by atoms with Crippen molar-refractivity contribution in [3.8, 4) is 11.1 Å². The van der Waals surface area contributed by atoms with Crippen molar-refractivity contribution < 1.29 is 27.0 Å². The number of H-pyrrole nitrogens is 2. The number of hydrogen-bond donors (Lipinski definition) is 3. The molecule has 3 N–H and O–H groups in total. The Labute approximate surface area is 205 Å². The number of benzene rings is 1. The quantitative estimate of drug-likeness (QED) is 0.257. The van der Waals surface area contributed by atoms with Gasteiger partial charge in [0.05, 0.1) is 28.3 Å². The van der Waals surface area contributed by atoms with Crippen LogP contribution in [0.3, 0.4) is 0 Å². The zero-order valence-corrected chi connectivity index (χ0v) is 18.7. The van der Waals surface area contributed by atoms with E-state index in [1.807, 2.05) is 78.9 Å². The number of aromatic nitrogens is 4. The zero-order chi connectivity index (χ0) is 22.4. The fourth-order valence-corrected chi connectivity index (χ4v) is 4.15. The largest absolute Gasteiger partial charge is 0.478 e. The topological polar surface area (TPSA) is 94.7 Å². The van der Waals surface area contributed by atoms with E-state index in [-0.39, 0.29) is 22.6 Å². The van der Waals surface area contributed by atoms with E-state index in [0.717, 1.165) is 50.4 Å². The number of carboxylic acids is 1. The molecule has 169 valence electrons. The Balaban J connectivity index is 0.00000241. The number of carbonyl (C=O) groups is 1. The molecule has 6 rings (SSSR count). The van der Waals surface area contributed by atoms with E-state index in [0.29, 0.717) is 5.56 Å². The molecule has 7 heteroatoms. The standard InChI is InChI=1S/C27H18N4O2.Cu/c32-27(33)24-4-2-1-3-23(24)25-14-22-13-20-8-7-18(29-20)11-16-5-6-17(28-16)12-19-9-10-21(30-19)15-26(25)31-22;/h1-15,29,31H,(H,32,33);. The molecule has 1 radical (unpaired) electrons. The Morgan fingerprint density at radius 3 is 1.97 bits per heavy atom. The Morgan fingerprint density at radius 1 is 0.647 bits per heavy atom. The maximum atomic E-state index is 11.9. The second-order valence-electron chi connectivity index (χ2n) is 7.94. The molecule has 0 spiro atoms. The average molecular weight is 494 g/mol. The van der Waals surface area contributed by atoms with Crippen molar-refractivity contribution in [3.05, 3.63) is 95.1 Å². The van der Waals surface area contributed by atoms with Gasteiger partial charge in [-0.1, -0.05) is 18.2 Å². The van der Waals surface area contributed by atoms with Gasteiger partial charge in [0.15, 0.2) is 0 Å². The maximum absolute atomic E-state index is 11.9. The molecule has 2 aliphatic rings. The summed E-state index contributed by atoms with van der Waals surface area (Å²) in [6.45, 7) is 0. The SMILES string of the molecule is O=C(O)c1ccccc1-c1cc2cc3ccc(cc4nc(cc5nc(cc1[nH]2)C=C5)C=C4)[nH]3.[Cu]. The Bertz CT molecular complexity index is 1660. The molecule has 0 saturated heterocycles. The van der Waals surface area contributed by atoms with E-state index in [4.69, 9.17) is 4.98 Å². The molecule has 0 atom stereocenters. The van der Waals surface area contributed by atoms with Gasteiger partial charge in [0, 0.05) is 44.7 Å². The predicted octanol–water partition coefficient (Wildman–Crippen LogP) is 6.02. The summed E-state index contributed by atoms with van der Waals surface area (Å²) in [5.74, 6) is -0.962. The van der Waals surface area contributed by atoms with E-state index in [9.17, 15) is 9.90 Å². The summed E-state index contributed by atoms with van der Waals surface area (Å²) < 4.78 is 0. The number of nitrogens with zero attached hydrogens (tertiary/aromatic N) is 2. The molecule has 0 aliphatic carbocycles. The van der Waals surface area contributed by atoms with Crippen molar-refractivity contribution >= 4 is 52.3 Å². The summed E-state index contributed by atoms with van der Waals surface area (Å²) in [5.41, 5.74) is 8.51. The monoisotopic (exact) mass is 493 g/mol. The molecule has 0 saturated carbocycles. The molecule has 4 aromatic rings. The van der Waals surface area contributed by atoms with E-state index < -0.39 is 5.97 Å². The molecule has 5 heterocycles. The second kappa shape index (κ2) is 8.63. The van der Waals surface area contributed by atoms with Crippen LogP contribution in [0.15, 0.2) is 66.7 Å². The molecule has 0 amide bonds. The summed E-state index contributed by atoms with van der Waals surface area (Å²) in [4.78, 5) is 28.0. The van der Waals surface area contributed by atoms with E-state index in [1.165, 1.54) is 0 Å². The predicted molar refractivity (Wildman–Crippen MR) is 131 cm³/mol. The second-order valence-corrected chi connectivity index (χ2v) is 7.94. The number of hydrogen-bond acceptors (Lipinski definition) is 3.